The Morgan fingerprint density at radius 3 is 2.55 bits per heavy atom. The maximum absolute atomic E-state index is 12.1. The number of rotatable bonds is 13. The molecule has 1 atom stereocenters. The average Bonchev–Trinajstić information content (AvgIpc) is 2.80. The highest BCUT2D eigenvalue weighted by Gasteiger charge is 2.12. The molecule has 0 aliphatic rings. The summed E-state index contributed by atoms with van der Waals surface area (Å²) in [6, 6.07) is 7.72. The Labute approximate surface area is 201 Å². The lowest BCUT2D eigenvalue weighted by Crippen LogP contribution is -2.27. The van der Waals surface area contributed by atoms with Crippen LogP contribution in [0.5, 0.6) is 0 Å². The number of hydrogen-bond donors (Lipinski definition) is 1. The average molecular weight is 482 g/mol. The number of thioether (sulfide) groups is 1. The van der Waals surface area contributed by atoms with Crippen molar-refractivity contribution in [1.82, 2.24) is 4.90 Å². The van der Waals surface area contributed by atoms with Crippen LogP contribution in [0, 0.1) is 6.92 Å². The minimum atomic E-state index is -0.452. The summed E-state index contributed by atoms with van der Waals surface area (Å²) >= 11 is 1.52. The molecule has 2 aromatic rings. The second kappa shape index (κ2) is 16.7. The van der Waals surface area contributed by atoms with Crippen LogP contribution in [0.1, 0.15) is 38.3 Å². The maximum atomic E-state index is 12.1. The monoisotopic (exact) mass is 481 g/mol. The van der Waals surface area contributed by atoms with E-state index in [-0.39, 0.29) is 11.6 Å². The number of aliphatic hydroxyl groups is 1. The number of para-hydroxylation sites is 1. The van der Waals surface area contributed by atoms with Gasteiger partial charge in [-0.3, -0.25) is 4.79 Å². The summed E-state index contributed by atoms with van der Waals surface area (Å²) in [6.07, 6.45) is 0.700. The van der Waals surface area contributed by atoms with Crippen LogP contribution in [0.25, 0.3) is 11.0 Å². The second-order valence-electron chi connectivity index (χ2n) is 7.51. The third-order valence-electron chi connectivity index (χ3n) is 5.19. The Hall–Kier alpha value is -1.87. The van der Waals surface area contributed by atoms with Crippen molar-refractivity contribution in [3.8, 4) is 0 Å². The first-order valence-corrected chi connectivity index (χ1v) is 12.7. The Bertz CT molecular complexity index is 881. The molecule has 0 aliphatic carbocycles. The zero-order valence-electron chi connectivity index (χ0n) is 20.6. The Kier molecular flexibility index (Phi) is 14.8. The van der Waals surface area contributed by atoms with Gasteiger partial charge < -0.3 is 23.9 Å². The van der Waals surface area contributed by atoms with Gasteiger partial charge in [0.15, 0.2) is 0 Å². The van der Waals surface area contributed by atoms with Gasteiger partial charge in [0.2, 0.25) is 0 Å². The summed E-state index contributed by atoms with van der Waals surface area (Å²) < 4.78 is 14.9. The molecule has 0 saturated carbocycles. The van der Waals surface area contributed by atoms with Crippen LogP contribution in [-0.4, -0.2) is 73.5 Å². The van der Waals surface area contributed by atoms with E-state index in [9.17, 15) is 14.7 Å². The van der Waals surface area contributed by atoms with E-state index in [0.29, 0.717) is 36.7 Å². The predicted octanol–water partition coefficient (Wildman–Crippen LogP) is 3.67. The molecule has 33 heavy (non-hydrogen) atoms. The van der Waals surface area contributed by atoms with Crippen molar-refractivity contribution in [3.63, 3.8) is 0 Å². The smallest absolute Gasteiger partial charge is 0.339 e. The predicted molar refractivity (Wildman–Crippen MR) is 135 cm³/mol. The fourth-order valence-electron chi connectivity index (χ4n) is 3.29. The number of aryl methyl sites for hydroxylation is 1. The van der Waals surface area contributed by atoms with Crippen LogP contribution in [0.3, 0.4) is 0 Å². The molecule has 186 valence electrons. The molecule has 0 saturated heterocycles. The molecule has 0 aliphatic heterocycles. The summed E-state index contributed by atoms with van der Waals surface area (Å²) in [4.78, 5) is 25.3. The van der Waals surface area contributed by atoms with Crippen LogP contribution in [-0.2, 0) is 20.7 Å². The van der Waals surface area contributed by atoms with E-state index < -0.39 is 6.10 Å². The van der Waals surface area contributed by atoms with E-state index >= 15 is 0 Å². The third kappa shape index (κ3) is 10.7. The number of carbonyl (C=O) groups excluding carboxylic acids is 1. The first kappa shape index (κ1) is 29.2. The van der Waals surface area contributed by atoms with E-state index in [1.165, 1.54) is 11.8 Å². The van der Waals surface area contributed by atoms with Gasteiger partial charge >= 0.3 is 11.6 Å². The van der Waals surface area contributed by atoms with Crippen molar-refractivity contribution in [2.45, 2.75) is 46.6 Å². The fourth-order valence-corrected chi connectivity index (χ4v) is 4.14. The molecule has 0 spiro atoms. The number of benzene rings is 1. The van der Waals surface area contributed by atoms with Gasteiger partial charge in [-0.25, -0.2) is 4.79 Å². The minimum absolute atomic E-state index is 0.179. The quantitative estimate of drug-likeness (QED) is 0.263. The van der Waals surface area contributed by atoms with Gasteiger partial charge in [-0.1, -0.05) is 32.0 Å². The number of esters is 1. The van der Waals surface area contributed by atoms with Gasteiger partial charge in [0, 0.05) is 36.1 Å². The molecule has 1 heterocycles. The van der Waals surface area contributed by atoms with Crippen LogP contribution in [0.4, 0.5) is 0 Å². The largest absolute Gasteiger partial charge is 0.466 e. The van der Waals surface area contributed by atoms with Gasteiger partial charge in [0.25, 0.3) is 0 Å². The lowest BCUT2D eigenvalue weighted by molar-refractivity contribution is -0.142. The summed E-state index contributed by atoms with van der Waals surface area (Å²) in [5.74, 6) is 1.09. The number of ether oxygens (including phenoxy) is 2. The zero-order chi connectivity index (χ0) is 24.6. The molecule has 1 N–H and O–H groups in total. The van der Waals surface area contributed by atoms with Crippen molar-refractivity contribution >= 4 is 28.7 Å². The van der Waals surface area contributed by atoms with E-state index in [2.05, 4.69) is 18.7 Å². The van der Waals surface area contributed by atoms with Crippen molar-refractivity contribution in [2.75, 3.05) is 51.5 Å². The summed E-state index contributed by atoms with van der Waals surface area (Å²) in [5, 5.41) is 10.3. The molecule has 0 bridgehead atoms. The number of hydrogen-bond acceptors (Lipinski definition) is 8. The fraction of sp³-hybridized carbons (Fsp3) is 0.600. The molecule has 1 aromatic carbocycles. The lowest BCUT2D eigenvalue weighted by atomic mass is 10.0. The van der Waals surface area contributed by atoms with E-state index in [1.807, 2.05) is 31.2 Å². The number of likely N-dealkylation sites (N-methyl/N-ethyl adjacent to an activating group) is 1. The lowest BCUT2D eigenvalue weighted by Gasteiger charge is -2.18. The highest BCUT2D eigenvalue weighted by molar-refractivity contribution is 7.99. The van der Waals surface area contributed by atoms with Crippen molar-refractivity contribution < 1.29 is 23.8 Å². The highest BCUT2D eigenvalue weighted by Crippen LogP contribution is 2.19. The third-order valence-corrected chi connectivity index (χ3v) is 6.30. The first-order chi connectivity index (χ1) is 15.9. The topological polar surface area (TPSA) is 89.2 Å². The second-order valence-corrected chi connectivity index (χ2v) is 8.66. The van der Waals surface area contributed by atoms with E-state index in [4.69, 9.17) is 13.9 Å². The SMILES string of the molecule is CCN(CC)CCc1c(C)c2ccccc2oc1=O.CCOC(=O)CCSCC(O)COC. The van der Waals surface area contributed by atoms with Gasteiger partial charge in [-0.05, 0) is 45.0 Å². The van der Waals surface area contributed by atoms with Crippen LogP contribution in [0.15, 0.2) is 33.5 Å². The van der Waals surface area contributed by atoms with Gasteiger partial charge in [0.05, 0.1) is 25.7 Å². The molecule has 1 unspecified atom stereocenters. The van der Waals surface area contributed by atoms with Gasteiger partial charge in [-0.15, -0.1) is 0 Å². The molecular weight excluding hydrogens is 442 g/mol. The number of carbonyl (C=O) groups is 1. The maximum Gasteiger partial charge on any atom is 0.339 e. The van der Waals surface area contributed by atoms with Crippen molar-refractivity contribution in [2.24, 2.45) is 0 Å². The molecular formula is C25H39NO6S. The van der Waals surface area contributed by atoms with E-state index in [1.54, 1.807) is 14.0 Å². The Morgan fingerprint density at radius 1 is 1.21 bits per heavy atom. The molecule has 1 aromatic heterocycles. The number of aliphatic hydroxyl groups excluding tert-OH is 1. The minimum Gasteiger partial charge on any atom is -0.466 e. The van der Waals surface area contributed by atoms with Crippen LogP contribution < -0.4 is 5.63 Å². The van der Waals surface area contributed by atoms with Crippen molar-refractivity contribution in [1.29, 1.82) is 0 Å². The van der Waals surface area contributed by atoms with Crippen molar-refractivity contribution in [3.05, 3.63) is 45.8 Å². The number of fused-ring (bicyclic) bond motifs is 1. The van der Waals surface area contributed by atoms with Gasteiger partial charge in [-0.2, -0.15) is 11.8 Å². The standard InChI is InChI=1S/C16H21NO2.C9H18O4S/c1-4-17(5-2)11-10-14-12(3)13-8-6-7-9-15(13)19-16(14)18;1-3-13-9(11)4-5-14-7-8(10)6-12-2/h6-9H,4-5,10-11H2,1-3H3;8,10H,3-7H2,1-2H3. The summed E-state index contributed by atoms with van der Waals surface area (Å²) in [5.41, 5.74) is 2.35. The molecule has 2 rings (SSSR count). The first-order valence-electron chi connectivity index (χ1n) is 11.5. The molecule has 0 radical (unpaired) electrons. The number of methoxy groups -OCH3 is 1. The summed E-state index contributed by atoms with van der Waals surface area (Å²) in [6.45, 7) is 11.8. The van der Waals surface area contributed by atoms with E-state index in [0.717, 1.165) is 42.6 Å². The normalized spacial score (nSPS) is 11.8. The summed E-state index contributed by atoms with van der Waals surface area (Å²) in [7, 11) is 1.55. The zero-order valence-corrected chi connectivity index (χ0v) is 21.4. The van der Waals surface area contributed by atoms with Gasteiger partial charge in [0.1, 0.15) is 5.58 Å². The molecule has 8 heteroatoms. The highest BCUT2D eigenvalue weighted by atomic mass is 32.2. The Morgan fingerprint density at radius 2 is 1.91 bits per heavy atom. The van der Waals surface area contributed by atoms with Crippen LogP contribution in [0.2, 0.25) is 0 Å². The Balaban J connectivity index is 0.000000349. The molecule has 7 nitrogen and oxygen atoms in total. The molecule has 0 amide bonds. The number of nitrogens with zero attached hydrogens (tertiary/aromatic N) is 1. The molecule has 0 fully saturated rings. The van der Waals surface area contributed by atoms with Crippen LogP contribution >= 0.6 is 11.8 Å².